The number of thiocarbonyl (C=S) groups is 1. The summed E-state index contributed by atoms with van der Waals surface area (Å²) in [6.07, 6.45) is 1.77. The molecule has 1 aromatic rings. The van der Waals surface area contributed by atoms with Crippen molar-refractivity contribution >= 4 is 34.7 Å². The molecule has 1 fully saturated rings. The summed E-state index contributed by atoms with van der Waals surface area (Å²) in [5.41, 5.74) is 7.22. The van der Waals surface area contributed by atoms with Crippen LogP contribution in [0.2, 0.25) is 5.02 Å². The fourth-order valence-electron chi connectivity index (χ4n) is 2.25. The van der Waals surface area contributed by atoms with Crippen LogP contribution >= 0.6 is 23.8 Å². The van der Waals surface area contributed by atoms with Crippen molar-refractivity contribution in [3.63, 3.8) is 0 Å². The second-order valence-electron chi connectivity index (χ2n) is 4.54. The van der Waals surface area contributed by atoms with Crippen LogP contribution in [0, 0.1) is 6.92 Å². The van der Waals surface area contributed by atoms with E-state index in [0.717, 1.165) is 18.4 Å². The molecule has 5 heteroatoms. The van der Waals surface area contributed by atoms with Gasteiger partial charge in [0.05, 0.1) is 21.6 Å². The predicted molar refractivity (Wildman–Crippen MR) is 77.0 cm³/mol. The fourth-order valence-corrected chi connectivity index (χ4v) is 2.81. The lowest BCUT2D eigenvalue weighted by atomic mass is 10.1. The van der Waals surface area contributed by atoms with Gasteiger partial charge in [-0.3, -0.25) is 4.79 Å². The molecule has 0 aliphatic carbocycles. The molecule has 1 amide bonds. The number of rotatable bonds is 2. The average molecular weight is 283 g/mol. The molecule has 0 saturated carbocycles. The maximum absolute atomic E-state index is 12.4. The minimum Gasteiger partial charge on any atom is -0.392 e. The van der Waals surface area contributed by atoms with E-state index in [1.165, 1.54) is 0 Å². The molecule has 1 aliphatic rings. The quantitative estimate of drug-likeness (QED) is 0.848. The van der Waals surface area contributed by atoms with Crippen molar-refractivity contribution in [2.45, 2.75) is 25.8 Å². The summed E-state index contributed by atoms with van der Waals surface area (Å²) in [4.78, 5) is 14.5. The van der Waals surface area contributed by atoms with Crippen LogP contribution < -0.4 is 5.73 Å². The van der Waals surface area contributed by atoms with Crippen molar-refractivity contribution in [1.29, 1.82) is 0 Å². The molecule has 0 aromatic heterocycles. The van der Waals surface area contributed by atoms with Crippen LogP contribution in [0.25, 0.3) is 0 Å². The van der Waals surface area contributed by atoms with E-state index in [9.17, 15) is 4.79 Å². The number of likely N-dealkylation sites (tertiary alicyclic amines) is 1. The zero-order chi connectivity index (χ0) is 13.3. The Morgan fingerprint density at radius 2 is 2.28 bits per heavy atom. The molecule has 1 atom stereocenters. The Kier molecular flexibility index (Phi) is 3.88. The fraction of sp³-hybridized carbons (Fsp3) is 0.385. The maximum Gasteiger partial charge on any atom is 0.255 e. The monoisotopic (exact) mass is 282 g/mol. The molecule has 3 nitrogen and oxygen atoms in total. The standard InChI is InChI=1S/C13H15ClN2OS/c1-8-4-5-9(10(14)7-8)13(17)16-6-2-3-11(16)12(15)18/h4-5,7,11H,2-3,6H2,1H3,(H2,15,18). The number of hydrogen-bond acceptors (Lipinski definition) is 2. The molecule has 2 N–H and O–H groups in total. The van der Waals surface area contributed by atoms with Crippen LogP contribution in [0.4, 0.5) is 0 Å². The van der Waals surface area contributed by atoms with Crippen LogP contribution in [-0.4, -0.2) is 28.4 Å². The maximum atomic E-state index is 12.4. The van der Waals surface area contributed by atoms with Crippen LogP contribution in [0.5, 0.6) is 0 Å². The lowest BCUT2D eigenvalue weighted by Crippen LogP contribution is -2.42. The lowest BCUT2D eigenvalue weighted by Gasteiger charge is -2.24. The first-order valence-corrected chi connectivity index (χ1v) is 6.66. The van der Waals surface area contributed by atoms with Crippen molar-refractivity contribution in [3.05, 3.63) is 34.3 Å². The van der Waals surface area contributed by atoms with Gasteiger partial charge in [-0.2, -0.15) is 0 Å². The first kappa shape index (κ1) is 13.3. The van der Waals surface area contributed by atoms with E-state index in [1.807, 2.05) is 13.0 Å². The molecular weight excluding hydrogens is 268 g/mol. The summed E-state index contributed by atoms with van der Waals surface area (Å²) < 4.78 is 0. The van der Waals surface area contributed by atoms with Crippen molar-refractivity contribution in [3.8, 4) is 0 Å². The normalized spacial score (nSPS) is 19.0. The summed E-state index contributed by atoms with van der Waals surface area (Å²) in [7, 11) is 0. The highest BCUT2D eigenvalue weighted by Gasteiger charge is 2.31. The first-order valence-electron chi connectivity index (χ1n) is 5.87. The highest BCUT2D eigenvalue weighted by Crippen LogP contribution is 2.24. The number of amides is 1. The van der Waals surface area contributed by atoms with Crippen LogP contribution in [0.1, 0.15) is 28.8 Å². The van der Waals surface area contributed by atoms with Gasteiger partial charge in [0.1, 0.15) is 0 Å². The number of carbonyl (C=O) groups excluding carboxylic acids is 1. The Morgan fingerprint density at radius 1 is 1.56 bits per heavy atom. The number of nitrogens with zero attached hydrogens (tertiary/aromatic N) is 1. The third kappa shape index (κ3) is 2.49. The van der Waals surface area contributed by atoms with E-state index in [0.29, 0.717) is 22.1 Å². The average Bonchev–Trinajstić information content (AvgIpc) is 2.77. The molecule has 1 heterocycles. The molecule has 18 heavy (non-hydrogen) atoms. The van der Waals surface area contributed by atoms with E-state index in [1.54, 1.807) is 17.0 Å². The molecule has 1 aromatic carbocycles. The summed E-state index contributed by atoms with van der Waals surface area (Å²) in [5.74, 6) is -0.0877. The summed E-state index contributed by atoms with van der Waals surface area (Å²) in [6, 6.07) is 5.30. The van der Waals surface area contributed by atoms with Gasteiger partial charge in [0.2, 0.25) is 0 Å². The highest BCUT2D eigenvalue weighted by atomic mass is 35.5. The van der Waals surface area contributed by atoms with Crippen molar-refractivity contribution in [2.75, 3.05) is 6.54 Å². The van der Waals surface area contributed by atoms with Crippen LogP contribution in [0.15, 0.2) is 18.2 Å². The van der Waals surface area contributed by atoms with E-state index >= 15 is 0 Å². The second-order valence-corrected chi connectivity index (χ2v) is 5.42. The van der Waals surface area contributed by atoms with Gasteiger partial charge < -0.3 is 10.6 Å². The minimum atomic E-state index is -0.134. The lowest BCUT2D eigenvalue weighted by molar-refractivity contribution is 0.0770. The molecule has 96 valence electrons. The molecule has 0 spiro atoms. The van der Waals surface area contributed by atoms with Gasteiger partial charge in [-0.05, 0) is 37.5 Å². The van der Waals surface area contributed by atoms with E-state index in [-0.39, 0.29) is 11.9 Å². The van der Waals surface area contributed by atoms with Gasteiger partial charge in [-0.1, -0.05) is 29.9 Å². The van der Waals surface area contributed by atoms with Crippen molar-refractivity contribution in [2.24, 2.45) is 5.73 Å². The summed E-state index contributed by atoms with van der Waals surface area (Å²) >= 11 is 11.1. The number of carbonyl (C=O) groups is 1. The second kappa shape index (κ2) is 5.24. The molecule has 1 aliphatic heterocycles. The predicted octanol–water partition coefficient (Wildman–Crippen LogP) is 2.54. The van der Waals surface area contributed by atoms with Crippen LogP contribution in [0.3, 0.4) is 0 Å². The van der Waals surface area contributed by atoms with Crippen molar-refractivity contribution in [1.82, 2.24) is 4.90 Å². The number of aryl methyl sites for hydroxylation is 1. The molecule has 1 saturated heterocycles. The molecule has 2 rings (SSSR count). The number of halogens is 1. The molecule has 0 radical (unpaired) electrons. The van der Waals surface area contributed by atoms with Crippen LogP contribution in [-0.2, 0) is 0 Å². The highest BCUT2D eigenvalue weighted by molar-refractivity contribution is 7.80. The van der Waals surface area contributed by atoms with Gasteiger partial charge in [-0.25, -0.2) is 0 Å². The molecule has 1 unspecified atom stereocenters. The zero-order valence-electron chi connectivity index (χ0n) is 10.1. The molecule has 0 bridgehead atoms. The largest absolute Gasteiger partial charge is 0.392 e. The first-order chi connectivity index (χ1) is 8.50. The summed E-state index contributed by atoms with van der Waals surface area (Å²) in [6.45, 7) is 2.62. The molecular formula is C13H15ClN2OS. The van der Waals surface area contributed by atoms with E-state index in [2.05, 4.69) is 0 Å². The Bertz CT molecular complexity index is 504. The third-order valence-corrected chi connectivity index (χ3v) is 3.78. The van der Waals surface area contributed by atoms with E-state index < -0.39 is 0 Å². The summed E-state index contributed by atoms with van der Waals surface area (Å²) in [5, 5.41) is 0.480. The number of hydrogen-bond donors (Lipinski definition) is 1. The van der Waals surface area contributed by atoms with E-state index in [4.69, 9.17) is 29.6 Å². The minimum absolute atomic E-state index is 0.0877. The smallest absolute Gasteiger partial charge is 0.255 e. The topological polar surface area (TPSA) is 46.3 Å². The number of nitrogens with two attached hydrogens (primary N) is 1. The Balaban J connectivity index is 2.28. The third-order valence-electron chi connectivity index (χ3n) is 3.20. The zero-order valence-corrected chi connectivity index (χ0v) is 11.7. The van der Waals surface area contributed by atoms with Gasteiger partial charge in [0, 0.05) is 6.54 Å². The Labute approximate surface area is 117 Å². The van der Waals surface area contributed by atoms with Gasteiger partial charge >= 0.3 is 0 Å². The van der Waals surface area contributed by atoms with Gasteiger partial charge in [0.15, 0.2) is 0 Å². The van der Waals surface area contributed by atoms with Gasteiger partial charge in [-0.15, -0.1) is 0 Å². The Hall–Kier alpha value is -1.13. The number of benzene rings is 1. The van der Waals surface area contributed by atoms with Crippen molar-refractivity contribution < 1.29 is 4.79 Å². The Morgan fingerprint density at radius 3 is 2.89 bits per heavy atom. The van der Waals surface area contributed by atoms with Gasteiger partial charge in [0.25, 0.3) is 5.91 Å². The SMILES string of the molecule is Cc1ccc(C(=O)N2CCCC2C(N)=S)c(Cl)c1.